The molecule has 0 radical (unpaired) electrons. The summed E-state index contributed by atoms with van der Waals surface area (Å²) >= 11 is 6.01. The van der Waals surface area contributed by atoms with E-state index in [1.54, 1.807) is 12.1 Å². The normalized spacial score (nSPS) is 10.5. The van der Waals surface area contributed by atoms with Crippen molar-refractivity contribution in [3.63, 3.8) is 0 Å². The molecule has 5 heteroatoms. The Morgan fingerprint density at radius 3 is 2.44 bits per heavy atom. The van der Waals surface area contributed by atoms with Gasteiger partial charge >= 0.3 is 0 Å². The Hall–Kier alpha value is -2.72. The molecule has 0 amide bonds. The minimum Gasteiger partial charge on any atom is -0.490 e. The van der Waals surface area contributed by atoms with Crippen molar-refractivity contribution in [1.82, 2.24) is 0 Å². The monoisotopic (exact) mass is 385 g/mol. The van der Waals surface area contributed by atoms with E-state index < -0.39 is 0 Å². The van der Waals surface area contributed by atoms with E-state index in [1.807, 2.05) is 49.4 Å². The van der Waals surface area contributed by atoms with Crippen LogP contribution in [0.3, 0.4) is 0 Å². The second kappa shape index (κ2) is 9.28. The summed E-state index contributed by atoms with van der Waals surface area (Å²) in [5.74, 6) is 1.13. The van der Waals surface area contributed by atoms with E-state index >= 15 is 0 Å². The molecule has 1 N–H and O–H groups in total. The van der Waals surface area contributed by atoms with E-state index in [-0.39, 0.29) is 5.82 Å². The molecule has 0 aliphatic heterocycles. The Bertz CT molecular complexity index is 884. The lowest BCUT2D eigenvalue weighted by atomic mass is 10.2. The molecule has 0 saturated heterocycles. The Kier molecular flexibility index (Phi) is 6.55. The van der Waals surface area contributed by atoms with Crippen molar-refractivity contribution < 1.29 is 13.9 Å². The fraction of sp³-hybridized carbons (Fsp3) is 0.182. The van der Waals surface area contributed by atoms with Gasteiger partial charge < -0.3 is 14.8 Å². The molecule has 0 spiro atoms. The van der Waals surface area contributed by atoms with Crippen molar-refractivity contribution >= 4 is 17.3 Å². The van der Waals surface area contributed by atoms with Crippen molar-refractivity contribution in [2.75, 3.05) is 11.9 Å². The number of rotatable bonds is 8. The molecule has 3 aromatic carbocycles. The number of ether oxygens (including phenoxy) is 2. The first-order valence-electron chi connectivity index (χ1n) is 8.76. The number of hydrogen-bond acceptors (Lipinski definition) is 3. The summed E-state index contributed by atoms with van der Waals surface area (Å²) in [6.45, 7) is 3.49. The van der Waals surface area contributed by atoms with E-state index in [4.69, 9.17) is 21.1 Å². The van der Waals surface area contributed by atoms with Crippen LogP contribution in [0.1, 0.15) is 18.1 Å². The molecule has 0 bridgehead atoms. The van der Waals surface area contributed by atoms with Crippen LogP contribution in [0, 0.1) is 5.82 Å². The largest absolute Gasteiger partial charge is 0.490 e. The molecule has 0 atom stereocenters. The van der Waals surface area contributed by atoms with Crippen LogP contribution in [0.25, 0.3) is 0 Å². The van der Waals surface area contributed by atoms with Crippen LogP contribution in [0.5, 0.6) is 11.5 Å². The molecule has 0 aliphatic rings. The molecule has 3 nitrogen and oxygen atoms in total. The average molecular weight is 386 g/mol. The molecule has 0 fully saturated rings. The molecule has 27 heavy (non-hydrogen) atoms. The second-order valence-electron chi connectivity index (χ2n) is 5.99. The standard InChI is InChI=1S/C22H21ClFNO2/c1-2-26-22-13-16(14-25-20-9-7-19(24)8-10-20)6-11-21(22)27-15-17-4-3-5-18(23)12-17/h3-13,25H,2,14-15H2,1H3. The fourth-order valence-corrected chi connectivity index (χ4v) is 2.82. The maximum absolute atomic E-state index is 13.0. The van der Waals surface area contributed by atoms with E-state index in [1.165, 1.54) is 12.1 Å². The molecule has 3 rings (SSSR count). The summed E-state index contributed by atoms with van der Waals surface area (Å²) in [6.07, 6.45) is 0. The van der Waals surface area contributed by atoms with Gasteiger partial charge in [-0.05, 0) is 66.6 Å². The highest BCUT2D eigenvalue weighted by Gasteiger charge is 2.08. The number of nitrogens with one attached hydrogen (secondary N) is 1. The Labute approximate surface area is 163 Å². The number of hydrogen-bond donors (Lipinski definition) is 1. The zero-order valence-electron chi connectivity index (χ0n) is 15.0. The molecule has 0 saturated carbocycles. The lowest BCUT2D eigenvalue weighted by Crippen LogP contribution is -2.03. The van der Waals surface area contributed by atoms with Crippen LogP contribution in [-0.4, -0.2) is 6.61 Å². The summed E-state index contributed by atoms with van der Waals surface area (Å²) in [4.78, 5) is 0. The van der Waals surface area contributed by atoms with Gasteiger partial charge in [0, 0.05) is 17.3 Å². The van der Waals surface area contributed by atoms with E-state index in [0.29, 0.717) is 36.3 Å². The molecule has 3 aromatic rings. The first-order valence-corrected chi connectivity index (χ1v) is 9.14. The smallest absolute Gasteiger partial charge is 0.161 e. The van der Waals surface area contributed by atoms with Crippen molar-refractivity contribution in [1.29, 1.82) is 0 Å². The number of benzene rings is 3. The first-order chi connectivity index (χ1) is 13.1. The van der Waals surface area contributed by atoms with Gasteiger partial charge in [-0.3, -0.25) is 0 Å². The molecule has 0 heterocycles. The van der Waals surface area contributed by atoms with E-state index in [2.05, 4.69) is 5.32 Å². The summed E-state index contributed by atoms with van der Waals surface area (Å²) in [6, 6.07) is 19.7. The number of anilines is 1. The quantitative estimate of drug-likeness (QED) is 0.510. The highest BCUT2D eigenvalue weighted by molar-refractivity contribution is 6.30. The van der Waals surface area contributed by atoms with Gasteiger partial charge in [-0.15, -0.1) is 0 Å². The van der Waals surface area contributed by atoms with Crippen LogP contribution in [0.4, 0.5) is 10.1 Å². The molecular formula is C22H21ClFNO2. The highest BCUT2D eigenvalue weighted by Crippen LogP contribution is 2.30. The summed E-state index contributed by atoms with van der Waals surface area (Å²) < 4.78 is 24.6. The van der Waals surface area contributed by atoms with Gasteiger partial charge in [-0.1, -0.05) is 29.8 Å². The molecule has 140 valence electrons. The fourth-order valence-electron chi connectivity index (χ4n) is 2.61. The van der Waals surface area contributed by atoms with Gasteiger partial charge in [0.25, 0.3) is 0 Å². The average Bonchev–Trinajstić information content (AvgIpc) is 2.67. The maximum atomic E-state index is 13.0. The first kappa shape index (κ1) is 19.1. The Balaban J connectivity index is 1.67. The van der Waals surface area contributed by atoms with Crippen molar-refractivity contribution in [2.24, 2.45) is 0 Å². The zero-order chi connectivity index (χ0) is 19.1. The summed E-state index contributed by atoms with van der Waals surface area (Å²) in [5.41, 5.74) is 2.89. The zero-order valence-corrected chi connectivity index (χ0v) is 15.8. The third-order valence-corrected chi connectivity index (χ3v) is 4.17. The van der Waals surface area contributed by atoms with E-state index in [9.17, 15) is 4.39 Å². The number of halogens is 2. The lowest BCUT2D eigenvalue weighted by Gasteiger charge is -2.14. The van der Waals surface area contributed by atoms with Crippen LogP contribution in [-0.2, 0) is 13.2 Å². The minimum absolute atomic E-state index is 0.250. The van der Waals surface area contributed by atoms with Crippen LogP contribution in [0.15, 0.2) is 66.7 Å². The Morgan fingerprint density at radius 2 is 1.70 bits per heavy atom. The SMILES string of the molecule is CCOc1cc(CNc2ccc(F)cc2)ccc1OCc1cccc(Cl)c1. The lowest BCUT2D eigenvalue weighted by molar-refractivity contribution is 0.269. The van der Waals surface area contributed by atoms with Gasteiger partial charge in [-0.25, -0.2) is 4.39 Å². The summed E-state index contributed by atoms with van der Waals surface area (Å²) in [7, 11) is 0. The van der Waals surface area contributed by atoms with Gasteiger partial charge in [0.05, 0.1) is 6.61 Å². The van der Waals surface area contributed by atoms with Crippen LogP contribution in [0.2, 0.25) is 5.02 Å². The third kappa shape index (κ3) is 5.63. The summed E-state index contributed by atoms with van der Waals surface area (Å²) in [5, 5.41) is 3.95. The van der Waals surface area contributed by atoms with Crippen molar-refractivity contribution in [3.05, 3.63) is 88.7 Å². The third-order valence-electron chi connectivity index (χ3n) is 3.93. The van der Waals surface area contributed by atoms with Crippen LogP contribution < -0.4 is 14.8 Å². The van der Waals surface area contributed by atoms with Crippen molar-refractivity contribution in [2.45, 2.75) is 20.1 Å². The van der Waals surface area contributed by atoms with E-state index in [0.717, 1.165) is 16.8 Å². The maximum Gasteiger partial charge on any atom is 0.161 e. The molecule has 0 aliphatic carbocycles. The second-order valence-corrected chi connectivity index (χ2v) is 6.43. The molecular weight excluding hydrogens is 365 g/mol. The van der Waals surface area contributed by atoms with Crippen molar-refractivity contribution in [3.8, 4) is 11.5 Å². The van der Waals surface area contributed by atoms with Gasteiger partial charge in [0.15, 0.2) is 11.5 Å². The van der Waals surface area contributed by atoms with Gasteiger partial charge in [-0.2, -0.15) is 0 Å². The molecule has 0 aromatic heterocycles. The van der Waals surface area contributed by atoms with Crippen LogP contribution >= 0.6 is 11.6 Å². The Morgan fingerprint density at radius 1 is 0.889 bits per heavy atom. The highest BCUT2D eigenvalue weighted by atomic mass is 35.5. The predicted molar refractivity (Wildman–Crippen MR) is 107 cm³/mol. The predicted octanol–water partition coefficient (Wildman–Crippen LogP) is 6.07. The van der Waals surface area contributed by atoms with Gasteiger partial charge in [0.1, 0.15) is 12.4 Å². The molecule has 0 unspecified atom stereocenters. The van der Waals surface area contributed by atoms with Gasteiger partial charge in [0.2, 0.25) is 0 Å². The topological polar surface area (TPSA) is 30.5 Å². The minimum atomic E-state index is -0.250.